The van der Waals surface area contributed by atoms with Gasteiger partial charge in [-0.2, -0.15) is 0 Å². The molecule has 1 aromatic carbocycles. The first-order valence-electron chi connectivity index (χ1n) is 6.89. The normalized spacial score (nSPS) is 24.1. The second kappa shape index (κ2) is 5.29. The minimum absolute atomic E-state index is 0.0672. The summed E-state index contributed by atoms with van der Waals surface area (Å²) < 4.78 is 18.5. The summed E-state index contributed by atoms with van der Waals surface area (Å²) in [6.07, 6.45) is 3.17. The highest BCUT2D eigenvalue weighted by Gasteiger charge is 2.35. The van der Waals surface area contributed by atoms with E-state index < -0.39 is 0 Å². The van der Waals surface area contributed by atoms with Gasteiger partial charge in [0.25, 0.3) is 0 Å². The van der Waals surface area contributed by atoms with Gasteiger partial charge in [-0.15, -0.1) is 0 Å². The van der Waals surface area contributed by atoms with E-state index in [0.29, 0.717) is 19.8 Å². The van der Waals surface area contributed by atoms with Gasteiger partial charge in [-0.3, -0.25) is 4.79 Å². The number of nitrogens with zero attached hydrogens (tertiary/aromatic N) is 1. The van der Waals surface area contributed by atoms with E-state index in [1.807, 2.05) is 4.90 Å². The van der Waals surface area contributed by atoms with Crippen LogP contribution in [0.5, 0.6) is 0 Å². The van der Waals surface area contributed by atoms with Gasteiger partial charge < -0.3 is 9.64 Å². The van der Waals surface area contributed by atoms with E-state index in [1.165, 1.54) is 12.1 Å². The zero-order valence-corrected chi connectivity index (χ0v) is 10.8. The van der Waals surface area contributed by atoms with Gasteiger partial charge in [0, 0.05) is 12.5 Å². The summed E-state index contributed by atoms with van der Waals surface area (Å²) in [7, 11) is 0. The Labute approximate surface area is 112 Å². The van der Waals surface area contributed by atoms with Crippen molar-refractivity contribution >= 4 is 5.91 Å². The van der Waals surface area contributed by atoms with Crippen LogP contribution < -0.4 is 0 Å². The Kier molecular flexibility index (Phi) is 3.51. The molecular formula is C15H18FNO2. The zero-order valence-electron chi connectivity index (χ0n) is 10.8. The first kappa shape index (κ1) is 12.6. The van der Waals surface area contributed by atoms with Gasteiger partial charge in [0.1, 0.15) is 5.82 Å². The molecule has 2 fully saturated rings. The number of rotatable bonds is 2. The van der Waals surface area contributed by atoms with Crippen LogP contribution in [0, 0.1) is 11.7 Å². The standard InChI is InChI=1S/C15H18FNO2/c16-13-6-4-11(5-7-13)14-10-19-9-8-17(14)15(18)12-2-1-3-12/h4-7,12,14H,1-3,8-10H2. The molecule has 0 aromatic heterocycles. The average molecular weight is 263 g/mol. The number of benzene rings is 1. The Hall–Kier alpha value is -1.42. The van der Waals surface area contributed by atoms with Crippen LogP contribution in [0.3, 0.4) is 0 Å². The molecule has 3 nitrogen and oxygen atoms in total. The van der Waals surface area contributed by atoms with Crippen LogP contribution in [0.15, 0.2) is 24.3 Å². The monoisotopic (exact) mass is 263 g/mol. The van der Waals surface area contributed by atoms with E-state index in [0.717, 1.165) is 24.8 Å². The number of amides is 1. The van der Waals surface area contributed by atoms with Crippen LogP contribution >= 0.6 is 0 Å². The minimum atomic E-state index is -0.252. The molecular weight excluding hydrogens is 245 g/mol. The summed E-state index contributed by atoms with van der Waals surface area (Å²) in [5.74, 6) is 0.183. The molecule has 0 spiro atoms. The van der Waals surface area contributed by atoms with Crippen molar-refractivity contribution in [1.82, 2.24) is 4.90 Å². The van der Waals surface area contributed by atoms with Gasteiger partial charge in [-0.05, 0) is 30.5 Å². The second-order valence-electron chi connectivity index (χ2n) is 5.30. The summed E-state index contributed by atoms with van der Waals surface area (Å²) in [6, 6.07) is 6.31. The molecule has 1 aliphatic carbocycles. The highest BCUT2D eigenvalue weighted by Crippen LogP contribution is 2.33. The molecule has 19 heavy (non-hydrogen) atoms. The zero-order chi connectivity index (χ0) is 13.2. The lowest BCUT2D eigenvalue weighted by atomic mass is 9.83. The second-order valence-corrected chi connectivity index (χ2v) is 5.30. The van der Waals surface area contributed by atoms with Gasteiger partial charge in [0.15, 0.2) is 0 Å². The molecule has 1 aliphatic heterocycles. The molecule has 0 radical (unpaired) electrons. The lowest BCUT2D eigenvalue weighted by Crippen LogP contribution is -2.47. The third-order valence-corrected chi connectivity index (χ3v) is 4.12. The van der Waals surface area contributed by atoms with Crippen molar-refractivity contribution in [2.75, 3.05) is 19.8 Å². The minimum Gasteiger partial charge on any atom is -0.377 e. The van der Waals surface area contributed by atoms with E-state index in [9.17, 15) is 9.18 Å². The van der Waals surface area contributed by atoms with Crippen LogP contribution in [-0.4, -0.2) is 30.6 Å². The number of hydrogen-bond donors (Lipinski definition) is 0. The van der Waals surface area contributed by atoms with E-state index in [2.05, 4.69) is 0 Å². The van der Waals surface area contributed by atoms with Crippen molar-refractivity contribution in [3.8, 4) is 0 Å². The molecule has 4 heteroatoms. The van der Waals surface area contributed by atoms with Crippen LogP contribution in [0.4, 0.5) is 4.39 Å². The van der Waals surface area contributed by atoms with Gasteiger partial charge in [0.2, 0.25) is 5.91 Å². The number of hydrogen-bond acceptors (Lipinski definition) is 2. The Morgan fingerprint density at radius 2 is 2.00 bits per heavy atom. The molecule has 0 N–H and O–H groups in total. The summed E-state index contributed by atoms with van der Waals surface area (Å²) in [5, 5.41) is 0. The van der Waals surface area contributed by atoms with E-state index in [-0.39, 0.29) is 23.7 Å². The molecule has 3 rings (SSSR count). The molecule has 1 aromatic rings. The average Bonchev–Trinajstić information content (AvgIpc) is 2.37. The van der Waals surface area contributed by atoms with Gasteiger partial charge in [-0.1, -0.05) is 18.6 Å². The van der Waals surface area contributed by atoms with Crippen LogP contribution in [-0.2, 0) is 9.53 Å². The third-order valence-electron chi connectivity index (χ3n) is 4.12. The highest BCUT2D eigenvalue weighted by atomic mass is 19.1. The van der Waals surface area contributed by atoms with E-state index in [1.54, 1.807) is 12.1 Å². The SMILES string of the molecule is O=C(C1CCC1)N1CCOCC1c1ccc(F)cc1. The van der Waals surface area contributed by atoms with Crippen LogP contribution in [0.1, 0.15) is 30.9 Å². The molecule has 2 aliphatic rings. The highest BCUT2D eigenvalue weighted by molar-refractivity contribution is 5.80. The molecule has 102 valence electrons. The Morgan fingerprint density at radius 3 is 2.63 bits per heavy atom. The molecule has 1 unspecified atom stereocenters. The molecule has 0 bridgehead atoms. The summed E-state index contributed by atoms with van der Waals surface area (Å²) >= 11 is 0. The number of ether oxygens (including phenoxy) is 1. The largest absolute Gasteiger partial charge is 0.377 e. The predicted octanol–water partition coefficient (Wildman–Crippen LogP) is 2.53. The summed E-state index contributed by atoms with van der Waals surface area (Å²) in [5.41, 5.74) is 0.953. The van der Waals surface area contributed by atoms with Crippen molar-refractivity contribution in [2.45, 2.75) is 25.3 Å². The molecule has 1 atom stereocenters. The van der Waals surface area contributed by atoms with Crippen molar-refractivity contribution in [3.05, 3.63) is 35.6 Å². The van der Waals surface area contributed by atoms with Gasteiger partial charge in [0.05, 0.1) is 19.3 Å². The third kappa shape index (κ3) is 2.50. The first-order chi connectivity index (χ1) is 9.25. The Bertz CT molecular complexity index is 456. The maximum absolute atomic E-state index is 13.0. The van der Waals surface area contributed by atoms with Crippen LogP contribution in [0.2, 0.25) is 0 Å². The van der Waals surface area contributed by atoms with Crippen molar-refractivity contribution in [3.63, 3.8) is 0 Å². The van der Waals surface area contributed by atoms with E-state index in [4.69, 9.17) is 4.74 Å². The van der Waals surface area contributed by atoms with Gasteiger partial charge >= 0.3 is 0 Å². The van der Waals surface area contributed by atoms with Gasteiger partial charge in [-0.25, -0.2) is 4.39 Å². The predicted molar refractivity (Wildman–Crippen MR) is 69.0 cm³/mol. The fourth-order valence-corrected chi connectivity index (χ4v) is 2.72. The van der Waals surface area contributed by atoms with E-state index >= 15 is 0 Å². The fourth-order valence-electron chi connectivity index (χ4n) is 2.72. The lowest BCUT2D eigenvalue weighted by molar-refractivity contribution is -0.147. The number of carbonyl (C=O) groups is 1. The fraction of sp³-hybridized carbons (Fsp3) is 0.533. The maximum atomic E-state index is 13.0. The summed E-state index contributed by atoms with van der Waals surface area (Å²) in [4.78, 5) is 14.3. The van der Waals surface area contributed by atoms with Crippen molar-refractivity contribution < 1.29 is 13.9 Å². The lowest BCUT2D eigenvalue weighted by Gasteiger charge is -2.39. The number of morpholine rings is 1. The molecule has 1 heterocycles. The number of halogens is 1. The number of carbonyl (C=O) groups excluding carboxylic acids is 1. The molecule has 1 amide bonds. The molecule has 1 saturated heterocycles. The smallest absolute Gasteiger partial charge is 0.226 e. The molecule has 1 saturated carbocycles. The maximum Gasteiger partial charge on any atom is 0.226 e. The topological polar surface area (TPSA) is 29.5 Å². The summed E-state index contributed by atoms with van der Waals surface area (Å²) in [6.45, 7) is 1.73. The first-order valence-corrected chi connectivity index (χ1v) is 6.89. The van der Waals surface area contributed by atoms with Crippen molar-refractivity contribution in [1.29, 1.82) is 0 Å². The Balaban J connectivity index is 1.80. The van der Waals surface area contributed by atoms with Crippen molar-refractivity contribution in [2.24, 2.45) is 5.92 Å². The van der Waals surface area contributed by atoms with Crippen LogP contribution in [0.25, 0.3) is 0 Å². The Morgan fingerprint density at radius 1 is 1.26 bits per heavy atom. The quantitative estimate of drug-likeness (QED) is 0.820.